The number of nitrogens with two attached hydrogens (primary N) is 1. The Labute approximate surface area is 126 Å². The van der Waals surface area contributed by atoms with Crippen LogP contribution in [0.4, 0.5) is 10.1 Å². The molecule has 0 saturated carbocycles. The van der Waals surface area contributed by atoms with Crippen LogP contribution < -0.4 is 10.6 Å². The van der Waals surface area contributed by atoms with Gasteiger partial charge in [-0.05, 0) is 37.5 Å². The second-order valence-corrected chi connectivity index (χ2v) is 5.58. The van der Waals surface area contributed by atoms with E-state index in [0.29, 0.717) is 12.0 Å². The number of anilines is 1. The topological polar surface area (TPSA) is 29.3 Å². The summed E-state index contributed by atoms with van der Waals surface area (Å²) in [5, 5.41) is 0. The summed E-state index contributed by atoms with van der Waals surface area (Å²) in [7, 11) is 2.00. The van der Waals surface area contributed by atoms with Crippen molar-refractivity contribution in [2.45, 2.75) is 25.8 Å². The van der Waals surface area contributed by atoms with E-state index >= 15 is 0 Å². The van der Waals surface area contributed by atoms with E-state index in [0.717, 1.165) is 18.7 Å². The first kappa shape index (κ1) is 15.5. The molecule has 2 aromatic carbocycles. The molecule has 0 aliphatic carbocycles. The fourth-order valence-corrected chi connectivity index (χ4v) is 2.49. The first-order chi connectivity index (χ1) is 10.1. The normalized spacial score (nSPS) is 12.2. The zero-order valence-corrected chi connectivity index (χ0v) is 12.7. The molecule has 0 spiro atoms. The smallest absolute Gasteiger partial charge is 0.128 e. The van der Waals surface area contributed by atoms with Crippen LogP contribution in [0.2, 0.25) is 0 Å². The number of hydrogen-bond acceptors (Lipinski definition) is 2. The number of hydrogen-bond donors (Lipinski definition) is 1. The van der Waals surface area contributed by atoms with Crippen LogP contribution >= 0.6 is 0 Å². The van der Waals surface area contributed by atoms with E-state index in [-0.39, 0.29) is 11.9 Å². The van der Waals surface area contributed by atoms with Crippen LogP contribution in [-0.2, 0) is 12.8 Å². The monoisotopic (exact) mass is 286 g/mol. The Hall–Kier alpha value is -1.87. The summed E-state index contributed by atoms with van der Waals surface area (Å²) in [5.41, 5.74) is 8.77. The number of halogens is 1. The predicted molar refractivity (Wildman–Crippen MR) is 87.2 cm³/mol. The van der Waals surface area contributed by atoms with Crippen molar-refractivity contribution in [3.63, 3.8) is 0 Å². The summed E-state index contributed by atoms with van der Waals surface area (Å²) in [6.45, 7) is 2.75. The van der Waals surface area contributed by atoms with Crippen LogP contribution in [0.15, 0.2) is 48.5 Å². The van der Waals surface area contributed by atoms with Gasteiger partial charge in [0.2, 0.25) is 0 Å². The van der Waals surface area contributed by atoms with E-state index in [1.54, 1.807) is 6.07 Å². The van der Waals surface area contributed by atoms with Crippen molar-refractivity contribution in [1.29, 1.82) is 0 Å². The molecule has 2 aromatic rings. The molecular formula is C18H23FN2. The Bertz CT molecular complexity index is 567. The second-order valence-electron chi connectivity index (χ2n) is 5.58. The lowest BCUT2D eigenvalue weighted by atomic mass is 10.0. The molecule has 0 aromatic heterocycles. The summed E-state index contributed by atoms with van der Waals surface area (Å²) >= 11 is 0. The number of rotatable bonds is 6. The number of likely N-dealkylation sites (N-methyl/N-ethyl adjacent to an activating group) is 1. The molecule has 0 fully saturated rings. The lowest BCUT2D eigenvalue weighted by molar-refractivity contribution is 0.595. The average molecular weight is 286 g/mol. The Balaban J connectivity index is 2.11. The Morgan fingerprint density at radius 3 is 2.48 bits per heavy atom. The molecular weight excluding hydrogens is 263 g/mol. The van der Waals surface area contributed by atoms with Crippen LogP contribution in [0.1, 0.15) is 18.1 Å². The van der Waals surface area contributed by atoms with Crippen molar-refractivity contribution in [3.8, 4) is 0 Å². The van der Waals surface area contributed by atoms with Crippen molar-refractivity contribution in [1.82, 2.24) is 0 Å². The second kappa shape index (κ2) is 7.23. The Kier molecular flexibility index (Phi) is 5.34. The van der Waals surface area contributed by atoms with Gasteiger partial charge in [0.1, 0.15) is 5.82 Å². The summed E-state index contributed by atoms with van der Waals surface area (Å²) in [4.78, 5) is 2.10. The number of benzene rings is 2. The van der Waals surface area contributed by atoms with E-state index in [1.165, 1.54) is 11.6 Å². The zero-order chi connectivity index (χ0) is 15.2. The molecule has 3 heteroatoms. The van der Waals surface area contributed by atoms with Crippen LogP contribution in [0.5, 0.6) is 0 Å². The molecule has 2 N–H and O–H groups in total. The quantitative estimate of drug-likeness (QED) is 0.882. The third kappa shape index (κ3) is 4.30. The van der Waals surface area contributed by atoms with E-state index in [4.69, 9.17) is 5.73 Å². The van der Waals surface area contributed by atoms with Crippen LogP contribution in [0.25, 0.3) is 0 Å². The lowest BCUT2D eigenvalue weighted by Gasteiger charge is -2.23. The van der Waals surface area contributed by atoms with Gasteiger partial charge in [0.15, 0.2) is 0 Å². The molecule has 2 rings (SSSR count). The molecule has 0 radical (unpaired) electrons. The molecule has 0 aliphatic rings. The third-order valence-corrected chi connectivity index (χ3v) is 3.61. The zero-order valence-electron chi connectivity index (χ0n) is 12.7. The van der Waals surface area contributed by atoms with Crippen LogP contribution in [0, 0.1) is 5.82 Å². The largest absolute Gasteiger partial charge is 0.374 e. The first-order valence-corrected chi connectivity index (χ1v) is 7.36. The molecule has 1 atom stereocenters. The van der Waals surface area contributed by atoms with Crippen molar-refractivity contribution in [2.24, 2.45) is 5.73 Å². The van der Waals surface area contributed by atoms with Crippen molar-refractivity contribution < 1.29 is 4.39 Å². The minimum Gasteiger partial charge on any atom is -0.374 e. The Morgan fingerprint density at radius 1 is 1.10 bits per heavy atom. The summed E-state index contributed by atoms with van der Waals surface area (Å²) < 4.78 is 14.1. The molecule has 0 amide bonds. The van der Waals surface area contributed by atoms with Gasteiger partial charge < -0.3 is 10.6 Å². The molecule has 2 nitrogen and oxygen atoms in total. The Morgan fingerprint density at radius 2 is 1.81 bits per heavy atom. The fourth-order valence-electron chi connectivity index (χ4n) is 2.49. The van der Waals surface area contributed by atoms with Crippen molar-refractivity contribution in [3.05, 3.63) is 65.5 Å². The minimum absolute atomic E-state index is 0.0526. The van der Waals surface area contributed by atoms with Gasteiger partial charge in [-0.1, -0.05) is 36.4 Å². The van der Waals surface area contributed by atoms with Gasteiger partial charge in [0, 0.05) is 30.9 Å². The molecule has 0 aliphatic heterocycles. The highest BCUT2D eigenvalue weighted by Gasteiger charge is 2.13. The summed E-state index contributed by atoms with van der Waals surface area (Å²) in [6, 6.07) is 15.5. The number of nitrogens with zero attached hydrogens (tertiary/aromatic N) is 1. The fraction of sp³-hybridized carbons (Fsp3) is 0.333. The van der Waals surface area contributed by atoms with E-state index in [2.05, 4.69) is 17.0 Å². The van der Waals surface area contributed by atoms with Gasteiger partial charge in [0.05, 0.1) is 0 Å². The van der Waals surface area contributed by atoms with E-state index < -0.39 is 0 Å². The van der Waals surface area contributed by atoms with Crippen LogP contribution in [-0.4, -0.2) is 19.6 Å². The maximum atomic E-state index is 14.1. The molecule has 0 saturated heterocycles. The highest BCUT2D eigenvalue weighted by atomic mass is 19.1. The molecule has 0 heterocycles. The average Bonchev–Trinajstić information content (AvgIpc) is 2.47. The standard InChI is InChI=1S/C18H23FN2/c1-14(20)13-16-17(19)9-6-10-18(16)21(2)12-11-15-7-4-3-5-8-15/h3-10,14H,11-13,20H2,1-2H3. The molecule has 112 valence electrons. The lowest BCUT2D eigenvalue weighted by Crippen LogP contribution is -2.25. The van der Waals surface area contributed by atoms with Gasteiger partial charge in [-0.25, -0.2) is 4.39 Å². The van der Waals surface area contributed by atoms with Gasteiger partial charge in [-0.2, -0.15) is 0 Å². The van der Waals surface area contributed by atoms with E-state index in [9.17, 15) is 4.39 Å². The third-order valence-electron chi connectivity index (χ3n) is 3.61. The first-order valence-electron chi connectivity index (χ1n) is 7.36. The molecule has 1 unspecified atom stereocenters. The summed E-state index contributed by atoms with van der Waals surface area (Å²) in [5.74, 6) is -0.170. The van der Waals surface area contributed by atoms with Crippen LogP contribution in [0.3, 0.4) is 0 Å². The highest BCUT2D eigenvalue weighted by Crippen LogP contribution is 2.24. The van der Waals surface area contributed by atoms with Gasteiger partial charge in [0.25, 0.3) is 0 Å². The van der Waals surface area contributed by atoms with Crippen molar-refractivity contribution >= 4 is 5.69 Å². The van der Waals surface area contributed by atoms with E-state index in [1.807, 2.05) is 38.2 Å². The maximum absolute atomic E-state index is 14.1. The summed E-state index contributed by atoms with van der Waals surface area (Å²) in [6.07, 6.45) is 1.49. The SMILES string of the molecule is CC(N)Cc1c(F)cccc1N(C)CCc1ccccc1. The highest BCUT2D eigenvalue weighted by molar-refractivity contribution is 5.54. The van der Waals surface area contributed by atoms with Gasteiger partial charge in [-0.3, -0.25) is 0 Å². The molecule has 0 bridgehead atoms. The van der Waals surface area contributed by atoms with Crippen molar-refractivity contribution in [2.75, 3.05) is 18.5 Å². The molecule has 21 heavy (non-hydrogen) atoms. The minimum atomic E-state index is -0.170. The van der Waals surface area contributed by atoms with Gasteiger partial charge >= 0.3 is 0 Å². The maximum Gasteiger partial charge on any atom is 0.128 e. The predicted octanol–water partition coefficient (Wildman–Crippen LogP) is 3.39. The van der Waals surface area contributed by atoms with Gasteiger partial charge in [-0.15, -0.1) is 0 Å².